The second-order valence-corrected chi connectivity index (χ2v) is 5.60. The van der Waals surface area contributed by atoms with E-state index < -0.39 is 10.8 Å². The summed E-state index contributed by atoms with van der Waals surface area (Å²) in [6, 6.07) is 7.34. The number of nitrogen functional groups attached to an aromatic ring is 1. The van der Waals surface area contributed by atoms with Crippen LogP contribution in [0.2, 0.25) is 0 Å². The number of hydrogen-bond acceptors (Lipinski definition) is 2. The summed E-state index contributed by atoms with van der Waals surface area (Å²) in [7, 11) is -0.853. The molecular formula is C13H21NOS. The molecule has 0 heterocycles. The van der Waals surface area contributed by atoms with Gasteiger partial charge >= 0.3 is 0 Å². The van der Waals surface area contributed by atoms with Crippen LogP contribution in [0.4, 0.5) is 5.69 Å². The summed E-state index contributed by atoms with van der Waals surface area (Å²) >= 11 is 0. The van der Waals surface area contributed by atoms with Gasteiger partial charge in [-0.2, -0.15) is 0 Å². The van der Waals surface area contributed by atoms with Gasteiger partial charge in [0.25, 0.3) is 0 Å². The molecule has 0 aromatic heterocycles. The molecular weight excluding hydrogens is 218 g/mol. The van der Waals surface area contributed by atoms with E-state index in [1.807, 2.05) is 24.3 Å². The van der Waals surface area contributed by atoms with Crippen molar-refractivity contribution in [3.63, 3.8) is 0 Å². The minimum atomic E-state index is -0.853. The summed E-state index contributed by atoms with van der Waals surface area (Å²) in [5, 5.41) is 0. The Morgan fingerprint density at radius 3 is 2.31 bits per heavy atom. The molecule has 0 aliphatic heterocycles. The van der Waals surface area contributed by atoms with Crippen molar-refractivity contribution in [1.29, 1.82) is 0 Å². The first-order chi connectivity index (χ1) is 7.74. The van der Waals surface area contributed by atoms with Crippen LogP contribution >= 0.6 is 0 Å². The summed E-state index contributed by atoms with van der Waals surface area (Å²) in [6.45, 7) is 2.20. The van der Waals surface area contributed by atoms with Crippen LogP contribution in [0.3, 0.4) is 0 Å². The number of unbranched alkanes of at least 4 members (excludes halogenated alkanes) is 4. The van der Waals surface area contributed by atoms with Gasteiger partial charge in [0, 0.05) is 16.3 Å². The lowest BCUT2D eigenvalue weighted by molar-refractivity contribution is 0.647. The number of benzene rings is 1. The molecule has 2 N–H and O–H groups in total. The van der Waals surface area contributed by atoms with Crippen LogP contribution in [-0.2, 0) is 10.8 Å². The zero-order valence-corrected chi connectivity index (χ0v) is 10.8. The SMILES string of the molecule is CCCCCCCS(=O)c1ccc(N)cc1. The summed E-state index contributed by atoms with van der Waals surface area (Å²) in [4.78, 5) is 0.893. The van der Waals surface area contributed by atoms with Crippen molar-refractivity contribution in [1.82, 2.24) is 0 Å². The van der Waals surface area contributed by atoms with Gasteiger partial charge in [-0.15, -0.1) is 0 Å². The fourth-order valence-corrected chi connectivity index (χ4v) is 2.72. The maximum atomic E-state index is 11.9. The highest BCUT2D eigenvalue weighted by molar-refractivity contribution is 7.85. The first-order valence-corrected chi connectivity index (χ1v) is 7.30. The van der Waals surface area contributed by atoms with E-state index in [-0.39, 0.29) is 0 Å². The summed E-state index contributed by atoms with van der Waals surface area (Å²) < 4.78 is 11.9. The van der Waals surface area contributed by atoms with Crippen LogP contribution < -0.4 is 5.73 Å². The van der Waals surface area contributed by atoms with Crippen molar-refractivity contribution < 1.29 is 4.21 Å². The summed E-state index contributed by atoms with van der Waals surface area (Å²) in [5.41, 5.74) is 6.31. The third-order valence-corrected chi connectivity index (χ3v) is 4.03. The molecule has 0 amide bonds. The van der Waals surface area contributed by atoms with Gasteiger partial charge in [-0.05, 0) is 30.7 Å². The van der Waals surface area contributed by atoms with Gasteiger partial charge in [0.05, 0.1) is 10.8 Å². The lowest BCUT2D eigenvalue weighted by Gasteiger charge is -2.02. The smallest absolute Gasteiger partial charge is 0.0529 e. The molecule has 0 saturated heterocycles. The fourth-order valence-electron chi connectivity index (χ4n) is 1.57. The number of anilines is 1. The molecule has 90 valence electrons. The highest BCUT2D eigenvalue weighted by Gasteiger charge is 2.02. The predicted molar refractivity (Wildman–Crippen MR) is 70.9 cm³/mol. The van der Waals surface area contributed by atoms with Crippen molar-refractivity contribution in [3.05, 3.63) is 24.3 Å². The van der Waals surface area contributed by atoms with Gasteiger partial charge < -0.3 is 5.73 Å². The van der Waals surface area contributed by atoms with Crippen molar-refractivity contribution in [3.8, 4) is 0 Å². The molecule has 0 bridgehead atoms. The first-order valence-electron chi connectivity index (χ1n) is 5.98. The second-order valence-electron chi connectivity index (χ2n) is 4.03. The molecule has 1 unspecified atom stereocenters. The van der Waals surface area contributed by atoms with Crippen molar-refractivity contribution in [2.75, 3.05) is 11.5 Å². The Labute approximate surface area is 101 Å². The van der Waals surface area contributed by atoms with E-state index in [2.05, 4.69) is 6.92 Å². The van der Waals surface area contributed by atoms with Crippen molar-refractivity contribution >= 4 is 16.5 Å². The first kappa shape index (κ1) is 13.2. The lowest BCUT2D eigenvalue weighted by atomic mass is 10.2. The zero-order chi connectivity index (χ0) is 11.8. The standard InChI is InChI=1S/C13H21NOS/c1-2-3-4-5-6-11-16(15)13-9-7-12(14)8-10-13/h7-10H,2-6,11,14H2,1H3. The molecule has 3 heteroatoms. The molecule has 2 nitrogen and oxygen atoms in total. The Bertz CT molecular complexity index is 321. The topological polar surface area (TPSA) is 43.1 Å². The molecule has 1 aromatic rings. The van der Waals surface area contributed by atoms with E-state index in [1.165, 1.54) is 25.7 Å². The van der Waals surface area contributed by atoms with Gasteiger partial charge in [-0.25, -0.2) is 0 Å². The van der Waals surface area contributed by atoms with Crippen LogP contribution in [0.5, 0.6) is 0 Å². The molecule has 0 aliphatic carbocycles. The molecule has 0 saturated carbocycles. The second kappa shape index (κ2) is 7.44. The van der Waals surface area contributed by atoms with E-state index in [0.29, 0.717) is 0 Å². The zero-order valence-electron chi connectivity index (χ0n) is 9.95. The normalized spacial score (nSPS) is 12.6. The van der Waals surface area contributed by atoms with E-state index in [1.54, 1.807) is 0 Å². The Balaban J connectivity index is 2.27. The molecule has 0 radical (unpaired) electrons. The van der Waals surface area contributed by atoms with E-state index >= 15 is 0 Å². The molecule has 1 atom stereocenters. The van der Waals surface area contributed by atoms with Crippen LogP contribution in [-0.4, -0.2) is 9.96 Å². The highest BCUT2D eigenvalue weighted by atomic mass is 32.2. The van der Waals surface area contributed by atoms with Crippen LogP contribution in [0.1, 0.15) is 39.0 Å². The van der Waals surface area contributed by atoms with Crippen LogP contribution in [0.25, 0.3) is 0 Å². The van der Waals surface area contributed by atoms with Gasteiger partial charge in [0.1, 0.15) is 0 Å². The molecule has 0 aliphatic rings. The lowest BCUT2D eigenvalue weighted by Crippen LogP contribution is -1.98. The van der Waals surface area contributed by atoms with E-state index in [9.17, 15) is 4.21 Å². The molecule has 16 heavy (non-hydrogen) atoms. The van der Waals surface area contributed by atoms with Crippen LogP contribution in [0, 0.1) is 0 Å². The van der Waals surface area contributed by atoms with Crippen LogP contribution in [0.15, 0.2) is 29.2 Å². The minimum absolute atomic E-state index is 0.726. The Morgan fingerprint density at radius 1 is 1.06 bits per heavy atom. The molecule has 0 fully saturated rings. The number of nitrogens with two attached hydrogens (primary N) is 1. The summed E-state index contributed by atoms with van der Waals surface area (Å²) in [6.07, 6.45) is 6.04. The average molecular weight is 239 g/mol. The number of rotatable bonds is 7. The average Bonchev–Trinajstić information content (AvgIpc) is 2.29. The van der Waals surface area contributed by atoms with Gasteiger partial charge in [-0.1, -0.05) is 32.6 Å². The van der Waals surface area contributed by atoms with Gasteiger partial charge in [0.2, 0.25) is 0 Å². The third-order valence-electron chi connectivity index (χ3n) is 2.58. The van der Waals surface area contributed by atoms with Gasteiger partial charge in [0.15, 0.2) is 0 Å². The third kappa shape index (κ3) is 4.79. The van der Waals surface area contributed by atoms with Crippen molar-refractivity contribution in [2.45, 2.75) is 43.9 Å². The Morgan fingerprint density at radius 2 is 1.69 bits per heavy atom. The fraction of sp³-hybridized carbons (Fsp3) is 0.538. The van der Waals surface area contributed by atoms with Crippen molar-refractivity contribution in [2.24, 2.45) is 0 Å². The highest BCUT2D eigenvalue weighted by Crippen LogP contribution is 2.12. The monoisotopic (exact) mass is 239 g/mol. The molecule has 1 rings (SSSR count). The van der Waals surface area contributed by atoms with E-state index in [0.717, 1.165) is 22.8 Å². The van der Waals surface area contributed by atoms with E-state index in [4.69, 9.17) is 5.73 Å². The maximum Gasteiger partial charge on any atom is 0.0529 e. The minimum Gasteiger partial charge on any atom is -0.399 e. The number of hydrogen-bond donors (Lipinski definition) is 1. The maximum absolute atomic E-state index is 11.9. The Kier molecular flexibility index (Phi) is 6.16. The largest absolute Gasteiger partial charge is 0.399 e. The summed E-state index contributed by atoms with van der Waals surface area (Å²) in [5.74, 6) is 0.771. The quantitative estimate of drug-likeness (QED) is 0.585. The molecule has 0 spiro atoms. The predicted octanol–water partition coefficient (Wildman–Crippen LogP) is 3.35. The molecule has 1 aromatic carbocycles. The Hall–Kier alpha value is -0.830. The van der Waals surface area contributed by atoms with Gasteiger partial charge in [-0.3, -0.25) is 4.21 Å².